The molecule has 2 aliphatic heterocycles. The van der Waals surface area contributed by atoms with Crippen LogP contribution in [0.15, 0.2) is 0 Å². The molecule has 112 valence electrons. The lowest BCUT2D eigenvalue weighted by Gasteiger charge is -2.63. The van der Waals surface area contributed by atoms with E-state index in [0.717, 1.165) is 26.0 Å². The highest BCUT2D eigenvalue weighted by molar-refractivity contribution is 5.75. The minimum atomic E-state index is 0.0718. The summed E-state index contributed by atoms with van der Waals surface area (Å²) in [7, 11) is 0. The number of rotatable bonds is 2. The Hall–Kier alpha value is -0.810. The molecule has 2 amide bonds. The van der Waals surface area contributed by atoms with Crippen molar-refractivity contribution in [1.29, 1.82) is 0 Å². The second-order valence-corrected chi connectivity index (χ2v) is 7.04. The summed E-state index contributed by atoms with van der Waals surface area (Å²) in [6, 6.07) is 0.395. The van der Waals surface area contributed by atoms with E-state index in [1.54, 1.807) is 0 Å². The van der Waals surface area contributed by atoms with Gasteiger partial charge in [-0.1, -0.05) is 6.42 Å². The number of urea groups is 1. The Balaban J connectivity index is 1.40. The van der Waals surface area contributed by atoms with Gasteiger partial charge in [-0.05, 0) is 25.7 Å². The summed E-state index contributed by atoms with van der Waals surface area (Å²) in [5.74, 6) is 0.804. The molecule has 0 aromatic rings. The van der Waals surface area contributed by atoms with Crippen molar-refractivity contribution in [2.24, 2.45) is 17.3 Å². The van der Waals surface area contributed by atoms with Crippen LogP contribution in [0.2, 0.25) is 0 Å². The molecule has 4 rings (SSSR count). The van der Waals surface area contributed by atoms with Crippen LogP contribution in [-0.2, 0) is 4.74 Å². The van der Waals surface area contributed by atoms with Crippen molar-refractivity contribution in [3.63, 3.8) is 0 Å². The molecule has 4 unspecified atom stereocenters. The molecule has 4 fully saturated rings. The molecule has 2 saturated heterocycles. The Bertz CT molecular complexity index is 410. The van der Waals surface area contributed by atoms with E-state index in [0.29, 0.717) is 24.6 Å². The largest absolute Gasteiger partial charge is 0.396 e. The molecule has 2 heterocycles. The highest BCUT2D eigenvalue weighted by Crippen LogP contribution is 2.62. The lowest BCUT2D eigenvalue weighted by atomic mass is 9.46. The maximum absolute atomic E-state index is 12.4. The van der Waals surface area contributed by atoms with Crippen molar-refractivity contribution < 1.29 is 14.6 Å². The van der Waals surface area contributed by atoms with Gasteiger partial charge in [-0.2, -0.15) is 0 Å². The SMILES string of the molecule is O=C(NC1C2CCOC2C12CCC2)N1CCC(CO)C1. The lowest BCUT2D eigenvalue weighted by molar-refractivity contribution is -0.172. The van der Waals surface area contributed by atoms with Crippen LogP contribution in [0.4, 0.5) is 4.79 Å². The second kappa shape index (κ2) is 4.60. The van der Waals surface area contributed by atoms with Crippen LogP contribution < -0.4 is 5.32 Å². The molecule has 1 spiro atoms. The number of amides is 2. The number of likely N-dealkylation sites (tertiary alicyclic amines) is 1. The molecule has 20 heavy (non-hydrogen) atoms. The van der Waals surface area contributed by atoms with Crippen molar-refractivity contribution in [1.82, 2.24) is 10.2 Å². The van der Waals surface area contributed by atoms with Crippen molar-refractivity contribution in [2.45, 2.75) is 44.2 Å². The van der Waals surface area contributed by atoms with Gasteiger partial charge in [-0.15, -0.1) is 0 Å². The topological polar surface area (TPSA) is 61.8 Å². The fourth-order valence-electron chi connectivity index (χ4n) is 4.85. The smallest absolute Gasteiger partial charge is 0.317 e. The summed E-state index contributed by atoms with van der Waals surface area (Å²) in [6.07, 6.45) is 6.11. The summed E-state index contributed by atoms with van der Waals surface area (Å²) in [6.45, 7) is 2.53. The summed E-state index contributed by atoms with van der Waals surface area (Å²) < 4.78 is 5.88. The van der Waals surface area contributed by atoms with Gasteiger partial charge in [0.1, 0.15) is 0 Å². The molecule has 0 aromatic carbocycles. The van der Waals surface area contributed by atoms with Crippen molar-refractivity contribution in [3.8, 4) is 0 Å². The molecular formula is C15H24N2O3. The Kier molecular flexibility index (Phi) is 2.96. The molecule has 2 N–H and O–H groups in total. The maximum Gasteiger partial charge on any atom is 0.317 e. The number of ether oxygens (including phenoxy) is 1. The molecule has 4 aliphatic rings. The number of carbonyl (C=O) groups excluding carboxylic acids is 1. The monoisotopic (exact) mass is 280 g/mol. The van der Waals surface area contributed by atoms with E-state index >= 15 is 0 Å². The van der Waals surface area contributed by atoms with E-state index in [1.165, 1.54) is 19.3 Å². The molecular weight excluding hydrogens is 256 g/mol. The number of fused-ring (bicyclic) bond motifs is 2. The zero-order valence-electron chi connectivity index (χ0n) is 11.9. The predicted octanol–water partition coefficient (Wildman–Crippen LogP) is 0.968. The van der Waals surface area contributed by atoms with E-state index in [-0.39, 0.29) is 24.0 Å². The molecule has 0 radical (unpaired) electrons. The summed E-state index contributed by atoms with van der Waals surface area (Å²) in [5.41, 5.74) is 0.257. The molecule has 5 heteroatoms. The molecule has 2 aliphatic carbocycles. The third kappa shape index (κ3) is 1.65. The van der Waals surface area contributed by atoms with E-state index in [9.17, 15) is 9.90 Å². The molecule has 2 saturated carbocycles. The van der Waals surface area contributed by atoms with E-state index < -0.39 is 0 Å². The van der Waals surface area contributed by atoms with Gasteiger partial charge in [0.15, 0.2) is 0 Å². The van der Waals surface area contributed by atoms with Crippen LogP contribution in [0, 0.1) is 17.3 Å². The van der Waals surface area contributed by atoms with Crippen molar-refractivity contribution >= 4 is 6.03 Å². The number of hydrogen-bond acceptors (Lipinski definition) is 3. The van der Waals surface area contributed by atoms with Gasteiger partial charge in [0.05, 0.1) is 6.10 Å². The van der Waals surface area contributed by atoms with Gasteiger partial charge in [-0.25, -0.2) is 4.79 Å². The second-order valence-electron chi connectivity index (χ2n) is 7.04. The Morgan fingerprint density at radius 1 is 1.40 bits per heavy atom. The number of carbonyl (C=O) groups is 1. The normalized spacial score (nSPS) is 41.1. The van der Waals surface area contributed by atoms with Crippen LogP contribution in [0.5, 0.6) is 0 Å². The van der Waals surface area contributed by atoms with Crippen LogP contribution in [-0.4, -0.2) is 54.5 Å². The summed E-state index contributed by atoms with van der Waals surface area (Å²) in [5, 5.41) is 12.5. The van der Waals surface area contributed by atoms with Gasteiger partial charge < -0.3 is 20.1 Å². The zero-order chi connectivity index (χ0) is 13.7. The quantitative estimate of drug-likeness (QED) is 0.792. The lowest BCUT2D eigenvalue weighted by Crippen LogP contribution is -2.72. The predicted molar refractivity (Wildman–Crippen MR) is 73.2 cm³/mol. The first-order chi connectivity index (χ1) is 9.74. The first kappa shape index (κ1) is 12.9. The van der Waals surface area contributed by atoms with E-state index in [2.05, 4.69) is 5.32 Å². The number of nitrogens with zero attached hydrogens (tertiary/aromatic N) is 1. The summed E-state index contributed by atoms with van der Waals surface area (Å²) in [4.78, 5) is 14.3. The minimum absolute atomic E-state index is 0.0718. The van der Waals surface area contributed by atoms with Crippen LogP contribution in [0.25, 0.3) is 0 Å². The average Bonchev–Trinajstić information content (AvgIpc) is 3.01. The molecule has 0 aromatic heterocycles. The number of aliphatic hydroxyl groups excluding tert-OH is 1. The summed E-state index contributed by atoms with van der Waals surface area (Å²) >= 11 is 0. The Labute approximate surface area is 119 Å². The van der Waals surface area contributed by atoms with Crippen LogP contribution in [0.1, 0.15) is 32.1 Å². The molecule has 4 atom stereocenters. The van der Waals surface area contributed by atoms with Crippen molar-refractivity contribution in [2.75, 3.05) is 26.3 Å². The van der Waals surface area contributed by atoms with Gasteiger partial charge >= 0.3 is 6.03 Å². The van der Waals surface area contributed by atoms with Gasteiger partial charge in [0.25, 0.3) is 0 Å². The van der Waals surface area contributed by atoms with E-state index in [4.69, 9.17) is 4.74 Å². The van der Waals surface area contributed by atoms with Gasteiger partial charge in [0, 0.05) is 49.6 Å². The Morgan fingerprint density at radius 3 is 2.90 bits per heavy atom. The van der Waals surface area contributed by atoms with Gasteiger partial charge in [0.2, 0.25) is 0 Å². The zero-order valence-corrected chi connectivity index (χ0v) is 11.9. The fraction of sp³-hybridized carbons (Fsp3) is 0.933. The minimum Gasteiger partial charge on any atom is -0.396 e. The molecule has 0 bridgehead atoms. The average molecular weight is 280 g/mol. The third-order valence-corrected chi connectivity index (χ3v) is 6.15. The molecule has 5 nitrogen and oxygen atoms in total. The number of aliphatic hydroxyl groups is 1. The highest BCUT2D eigenvalue weighted by Gasteiger charge is 2.67. The van der Waals surface area contributed by atoms with Crippen LogP contribution >= 0.6 is 0 Å². The van der Waals surface area contributed by atoms with Gasteiger partial charge in [-0.3, -0.25) is 0 Å². The Morgan fingerprint density at radius 2 is 2.25 bits per heavy atom. The standard InChI is InChI=1S/C15H24N2O3/c18-9-10-2-6-17(8-10)14(19)16-12-11-3-7-20-13(11)15(12)4-1-5-15/h10-13,18H,1-9H2,(H,16,19). The van der Waals surface area contributed by atoms with E-state index in [1.807, 2.05) is 4.90 Å². The first-order valence-electron chi connectivity index (χ1n) is 8.02. The fourth-order valence-corrected chi connectivity index (χ4v) is 4.85. The first-order valence-corrected chi connectivity index (χ1v) is 8.02. The van der Waals surface area contributed by atoms with Crippen molar-refractivity contribution in [3.05, 3.63) is 0 Å². The maximum atomic E-state index is 12.4. The highest BCUT2D eigenvalue weighted by atomic mass is 16.5. The third-order valence-electron chi connectivity index (χ3n) is 6.15. The number of hydrogen-bond donors (Lipinski definition) is 2. The number of nitrogens with one attached hydrogen (secondary N) is 1. The van der Waals surface area contributed by atoms with Crippen LogP contribution in [0.3, 0.4) is 0 Å².